The van der Waals surface area contributed by atoms with Gasteiger partial charge in [-0.2, -0.15) is 0 Å². The van der Waals surface area contributed by atoms with Gasteiger partial charge in [0.25, 0.3) is 0 Å². The molecule has 0 spiro atoms. The summed E-state index contributed by atoms with van der Waals surface area (Å²) in [5, 5.41) is 0. The summed E-state index contributed by atoms with van der Waals surface area (Å²) >= 11 is 0. The molecule has 3 rings (SSSR count). The number of hydrogen-bond donors (Lipinski definition) is 0. The Hall–Kier alpha value is -1.75. The highest BCUT2D eigenvalue weighted by atomic mass is 16.6. The van der Waals surface area contributed by atoms with Gasteiger partial charge in [-0.15, -0.1) is 0 Å². The van der Waals surface area contributed by atoms with Crippen molar-refractivity contribution in [2.24, 2.45) is 0 Å². The van der Waals surface area contributed by atoms with E-state index in [0.717, 1.165) is 51.2 Å². The van der Waals surface area contributed by atoms with Gasteiger partial charge in [-0.1, -0.05) is 18.2 Å². The Kier molecular flexibility index (Phi) is 5.39. The summed E-state index contributed by atoms with van der Waals surface area (Å²) in [5.41, 5.74) is 0. The summed E-state index contributed by atoms with van der Waals surface area (Å²) in [6.07, 6.45) is 3.24. The van der Waals surface area contributed by atoms with Crippen LogP contribution < -0.4 is 4.74 Å². The first-order chi connectivity index (χ1) is 11.3. The molecule has 0 bridgehead atoms. The Morgan fingerprint density at radius 2 is 1.87 bits per heavy atom. The molecule has 0 saturated carbocycles. The topological polar surface area (TPSA) is 42.0 Å². The van der Waals surface area contributed by atoms with Crippen LogP contribution in [0.1, 0.15) is 26.2 Å². The van der Waals surface area contributed by atoms with E-state index in [1.54, 1.807) is 0 Å². The van der Waals surface area contributed by atoms with Crippen LogP contribution in [0.5, 0.6) is 5.75 Å². The molecule has 0 aliphatic carbocycles. The fraction of sp³-hybridized carbons (Fsp3) is 0.611. The molecule has 1 aromatic carbocycles. The summed E-state index contributed by atoms with van der Waals surface area (Å²) in [4.78, 5) is 16.1. The molecule has 23 heavy (non-hydrogen) atoms. The first kappa shape index (κ1) is 16.1. The quantitative estimate of drug-likeness (QED) is 0.856. The maximum absolute atomic E-state index is 11.8. The maximum atomic E-state index is 11.8. The first-order valence-corrected chi connectivity index (χ1v) is 8.63. The number of hydrogen-bond acceptors (Lipinski definition) is 4. The molecule has 2 fully saturated rings. The minimum absolute atomic E-state index is 0.169. The minimum atomic E-state index is -0.169. The highest BCUT2D eigenvalue weighted by molar-refractivity contribution is 5.67. The molecule has 0 radical (unpaired) electrons. The molecule has 0 unspecified atom stereocenters. The van der Waals surface area contributed by atoms with E-state index in [0.29, 0.717) is 12.6 Å². The minimum Gasteiger partial charge on any atom is -0.489 e. The fourth-order valence-electron chi connectivity index (χ4n) is 3.50. The number of likely N-dealkylation sites (tertiary alicyclic amines) is 2. The van der Waals surface area contributed by atoms with Crippen LogP contribution in [0.3, 0.4) is 0 Å². The van der Waals surface area contributed by atoms with Gasteiger partial charge in [0, 0.05) is 32.2 Å². The standard InChI is InChI=1S/C18H26N2O3/c1-2-22-18(21)19-11-8-15(9-12-19)20-13-10-17(14-20)23-16-6-4-3-5-7-16/h3-7,15,17H,2,8-14H2,1H3/t17-/m1/s1. The molecular formula is C18H26N2O3. The lowest BCUT2D eigenvalue weighted by Gasteiger charge is -2.36. The fourth-order valence-corrected chi connectivity index (χ4v) is 3.50. The van der Waals surface area contributed by atoms with Gasteiger partial charge in [0.2, 0.25) is 0 Å². The summed E-state index contributed by atoms with van der Waals surface area (Å²) in [7, 11) is 0. The summed E-state index contributed by atoms with van der Waals surface area (Å²) < 4.78 is 11.1. The number of amides is 1. The molecule has 1 atom stereocenters. The number of piperidine rings is 1. The van der Waals surface area contributed by atoms with Gasteiger partial charge >= 0.3 is 6.09 Å². The van der Waals surface area contributed by atoms with Gasteiger partial charge in [0.15, 0.2) is 0 Å². The summed E-state index contributed by atoms with van der Waals surface area (Å²) in [6, 6.07) is 10.6. The Morgan fingerprint density at radius 3 is 2.57 bits per heavy atom. The Balaban J connectivity index is 1.44. The van der Waals surface area contributed by atoms with Crippen molar-refractivity contribution >= 4 is 6.09 Å². The third-order valence-corrected chi connectivity index (χ3v) is 4.73. The van der Waals surface area contributed by atoms with Gasteiger partial charge in [-0.25, -0.2) is 4.79 Å². The van der Waals surface area contributed by atoms with Crippen LogP contribution in [-0.2, 0) is 4.74 Å². The lowest BCUT2D eigenvalue weighted by Crippen LogP contribution is -2.46. The van der Waals surface area contributed by atoms with E-state index in [4.69, 9.17) is 9.47 Å². The zero-order chi connectivity index (χ0) is 16.1. The lowest BCUT2D eigenvalue weighted by molar-refractivity contribution is 0.0774. The van der Waals surface area contributed by atoms with E-state index in [2.05, 4.69) is 4.90 Å². The highest BCUT2D eigenvalue weighted by Crippen LogP contribution is 2.24. The average molecular weight is 318 g/mol. The highest BCUT2D eigenvalue weighted by Gasteiger charge is 2.32. The number of carbonyl (C=O) groups excluding carboxylic acids is 1. The molecule has 2 heterocycles. The molecule has 2 aliphatic heterocycles. The molecule has 1 amide bonds. The van der Waals surface area contributed by atoms with Crippen LogP contribution in [-0.4, -0.2) is 60.8 Å². The second kappa shape index (κ2) is 7.68. The predicted molar refractivity (Wildman–Crippen MR) is 88.7 cm³/mol. The molecular weight excluding hydrogens is 292 g/mol. The van der Waals surface area contributed by atoms with Crippen LogP contribution in [0.25, 0.3) is 0 Å². The van der Waals surface area contributed by atoms with Gasteiger partial charge in [0.05, 0.1) is 6.61 Å². The smallest absolute Gasteiger partial charge is 0.409 e. The van der Waals surface area contributed by atoms with E-state index < -0.39 is 0 Å². The Morgan fingerprint density at radius 1 is 1.13 bits per heavy atom. The van der Waals surface area contributed by atoms with Gasteiger partial charge in [-0.05, 0) is 38.3 Å². The van der Waals surface area contributed by atoms with Gasteiger partial charge < -0.3 is 14.4 Å². The van der Waals surface area contributed by atoms with E-state index in [1.165, 1.54) is 0 Å². The van der Waals surface area contributed by atoms with E-state index >= 15 is 0 Å². The Bertz CT molecular complexity index is 500. The average Bonchev–Trinajstić information content (AvgIpc) is 3.05. The van der Waals surface area contributed by atoms with Crippen LogP contribution in [0.15, 0.2) is 30.3 Å². The molecule has 1 aromatic rings. The van der Waals surface area contributed by atoms with Crippen molar-refractivity contribution in [1.82, 2.24) is 9.80 Å². The van der Waals surface area contributed by atoms with Crippen molar-refractivity contribution in [2.75, 3.05) is 32.8 Å². The monoisotopic (exact) mass is 318 g/mol. The van der Waals surface area contributed by atoms with Crippen LogP contribution in [0, 0.1) is 0 Å². The molecule has 0 N–H and O–H groups in total. The third-order valence-electron chi connectivity index (χ3n) is 4.73. The van der Waals surface area contributed by atoms with Gasteiger partial charge in [0.1, 0.15) is 11.9 Å². The predicted octanol–water partition coefficient (Wildman–Crippen LogP) is 2.76. The van der Waals surface area contributed by atoms with Crippen molar-refractivity contribution in [3.05, 3.63) is 30.3 Å². The van der Waals surface area contributed by atoms with Crippen molar-refractivity contribution in [1.29, 1.82) is 0 Å². The Labute approximate surface area is 138 Å². The summed E-state index contributed by atoms with van der Waals surface area (Å²) in [6.45, 7) is 5.96. The van der Waals surface area contributed by atoms with Crippen LogP contribution in [0.4, 0.5) is 4.79 Å². The van der Waals surface area contributed by atoms with Crippen molar-refractivity contribution < 1.29 is 14.3 Å². The molecule has 2 saturated heterocycles. The van der Waals surface area contributed by atoms with Crippen LogP contribution in [0.2, 0.25) is 0 Å². The van der Waals surface area contributed by atoms with Crippen molar-refractivity contribution in [3.8, 4) is 5.75 Å². The zero-order valence-corrected chi connectivity index (χ0v) is 13.8. The molecule has 5 heteroatoms. The second-order valence-electron chi connectivity index (χ2n) is 6.25. The van der Waals surface area contributed by atoms with Crippen molar-refractivity contribution in [3.63, 3.8) is 0 Å². The van der Waals surface area contributed by atoms with Crippen LogP contribution >= 0.6 is 0 Å². The SMILES string of the molecule is CCOC(=O)N1CCC(N2CC[C@@H](Oc3ccccc3)C2)CC1. The lowest BCUT2D eigenvalue weighted by atomic mass is 10.0. The van der Waals surface area contributed by atoms with E-state index in [1.807, 2.05) is 42.2 Å². The zero-order valence-electron chi connectivity index (χ0n) is 13.8. The van der Waals surface area contributed by atoms with E-state index in [-0.39, 0.29) is 12.2 Å². The number of ether oxygens (including phenoxy) is 2. The third kappa shape index (κ3) is 4.16. The normalized spacial score (nSPS) is 23.0. The number of benzene rings is 1. The van der Waals surface area contributed by atoms with Crippen molar-refractivity contribution in [2.45, 2.75) is 38.3 Å². The van der Waals surface area contributed by atoms with E-state index in [9.17, 15) is 4.79 Å². The molecule has 0 aromatic heterocycles. The molecule has 5 nitrogen and oxygen atoms in total. The molecule has 126 valence electrons. The number of carbonyl (C=O) groups is 1. The summed E-state index contributed by atoms with van der Waals surface area (Å²) in [5.74, 6) is 0.955. The largest absolute Gasteiger partial charge is 0.489 e. The molecule has 2 aliphatic rings. The number of nitrogens with zero attached hydrogens (tertiary/aromatic N) is 2. The number of rotatable bonds is 4. The number of para-hydroxylation sites is 1. The first-order valence-electron chi connectivity index (χ1n) is 8.63. The maximum Gasteiger partial charge on any atom is 0.409 e. The van der Waals surface area contributed by atoms with Gasteiger partial charge in [-0.3, -0.25) is 4.90 Å². The second-order valence-corrected chi connectivity index (χ2v) is 6.25.